The molecule has 1 unspecified atom stereocenters. The Labute approximate surface area is 192 Å². The molecule has 170 valence electrons. The number of likely N-dealkylation sites (tertiary alicyclic amines) is 1. The summed E-state index contributed by atoms with van der Waals surface area (Å²) in [6, 6.07) is 0.423. The van der Waals surface area contributed by atoms with E-state index in [2.05, 4.69) is 48.3 Å². The fourth-order valence-corrected chi connectivity index (χ4v) is 5.73. The number of Topliss-reactive ketones (excluding diaryl/α,β-unsaturated/α-hetero) is 1. The molecule has 0 aromatic carbocycles. The first kappa shape index (κ1) is 22.7. The van der Waals surface area contributed by atoms with Gasteiger partial charge in [0.05, 0.1) is 5.56 Å². The Morgan fingerprint density at radius 2 is 2.03 bits per heavy atom. The van der Waals surface area contributed by atoms with E-state index >= 15 is 0 Å². The van der Waals surface area contributed by atoms with Crippen LogP contribution in [-0.4, -0.2) is 48.1 Å². The molecule has 0 bridgehead atoms. The fraction of sp³-hybridized carbons (Fsp3) is 0.500. The number of carbonyl (C=O) groups excluding carboxylic acids is 1. The molecule has 1 N–H and O–H groups in total. The molecule has 4 rings (SSSR count). The number of aliphatic imine (C=N–C) groups is 1. The van der Waals surface area contributed by atoms with Crippen LogP contribution in [0, 0.1) is 0 Å². The number of hydrogen-bond acceptors (Lipinski definition) is 3. The van der Waals surface area contributed by atoms with Gasteiger partial charge in [0.25, 0.3) is 0 Å². The zero-order valence-corrected chi connectivity index (χ0v) is 20.3. The summed E-state index contributed by atoms with van der Waals surface area (Å²) in [5.41, 5.74) is 6.21. The van der Waals surface area contributed by atoms with Crippen molar-refractivity contribution in [1.29, 1.82) is 0 Å². The van der Waals surface area contributed by atoms with Crippen molar-refractivity contribution in [3.05, 3.63) is 56.3 Å². The lowest BCUT2D eigenvalue weighted by atomic mass is 9.66. The molecule has 3 aliphatic rings. The standard InChI is InChI=1S/C28H37N3O/c1-7-20-15-22-23(16-24(20)31-13-9-8-10-14-31)28(4,5)27-25(26(22)32)21(19(3)30-27)12-11-18(2)17-29-6/h11-12,15,17,24,30H,3,7-10,13-14,16H2,1-2,4-6H3/b18-11+,21-12+,29-17?. The number of H-pyrrole nitrogens is 1. The van der Waals surface area contributed by atoms with Crippen LogP contribution in [0.3, 0.4) is 0 Å². The zero-order valence-electron chi connectivity index (χ0n) is 20.3. The SMILES string of the molecule is C=c1[nH]c2c(/c1=C/C=C(\C)C=NC)C(=O)C1=C(CC(N3CCCCC3)C(CC)=C1)C2(C)C. The van der Waals surface area contributed by atoms with Gasteiger partial charge < -0.3 is 4.98 Å². The highest BCUT2D eigenvalue weighted by Gasteiger charge is 2.43. The van der Waals surface area contributed by atoms with Gasteiger partial charge in [0.15, 0.2) is 5.78 Å². The van der Waals surface area contributed by atoms with Gasteiger partial charge in [-0.15, -0.1) is 0 Å². The zero-order chi connectivity index (χ0) is 23.0. The quantitative estimate of drug-likeness (QED) is 0.726. The van der Waals surface area contributed by atoms with Crippen LogP contribution in [0.15, 0.2) is 39.4 Å². The minimum absolute atomic E-state index is 0.144. The van der Waals surface area contributed by atoms with Crippen LogP contribution in [0.2, 0.25) is 0 Å². The molecule has 2 heterocycles. The molecule has 0 spiro atoms. The van der Waals surface area contributed by atoms with Crippen LogP contribution in [0.1, 0.15) is 75.9 Å². The molecule has 4 heteroatoms. The maximum Gasteiger partial charge on any atom is 0.195 e. The molecule has 0 saturated carbocycles. The number of nitrogens with zero attached hydrogens (tertiary/aromatic N) is 2. The molecule has 32 heavy (non-hydrogen) atoms. The smallest absolute Gasteiger partial charge is 0.195 e. The van der Waals surface area contributed by atoms with Gasteiger partial charge in [-0.2, -0.15) is 0 Å². The Kier molecular flexibility index (Phi) is 6.26. The van der Waals surface area contributed by atoms with E-state index in [-0.39, 0.29) is 11.2 Å². The second kappa shape index (κ2) is 8.82. The lowest BCUT2D eigenvalue weighted by Crippen LogP contribution is -2.45. The minimum atomic E-state index is -0.232. The van der Waals surface area contributed by atoms with Crippen molar-refractivity contribution < 1.29 is 4.79 Å². The third-order valence-corrected chi connectivity index (χ3v) is 7.54. The summed E-state index contributed by atoms with van der Waals surface area (Å²) in [5.74, 6) is 0.144. The molecule has 2 aliphatic carbocycles. The second-order valence-corrected chi connectivity index (χ2v) is 9.97. The number of carbonyl (C=O) groups is 1. The molecular weight excluding hydrogens is 394 g/mol. The van der Waals surface area contributed by atoms with Crippen LogP contribution in [0.4, 0.5) is 0 Å². The summed E-state index contributed by atoms with van der Waals surface area (Å²) in [4.78, 5) is 24.1. The minimum Gasteiger partial charge on any atom is -0.358 e. The van der Waals surface area contributed by atoms with Crippen LogP contribution in [0.5, 0.6) is 0 Å². The van der Waals surface area contributed by atoms with Crippen LogP contribution >= 0.6 is 0 Å². The van der Waals surface area contributed by atoms with Crippen molar-refractivity contribution in [1.82, 2.24) is 9.88 Å². The van der Waals surface area contributed by atoms with E-state index in [0.29, 0.717) is 6.04 Å². The van der Waals surface area contributed by atoms with E-state index in [4.69, 9.17) is 0 Å². The molecule has 1 aromatic heterocycles. The number of aromatic amines is 1. The number of ketones is 1. The molecule has 0 radical (unpaired) electrons. The average Bonchev–Trinajstić information content (AvgIpc) is 3.13. The van der Waals surface area contributed by atoms with Gasteiger partial charge in [0, 0.05) is 46.6 Å². The van der Waals surface area contributed by atoms with Gasteiger partial charge in [0.1, 0.15) is 0 Å². The highest BCUT2D eigenvalue weighted by molar-refractivity contribution is 6.14. The van der Waals surface area contributed by atoms with E-state index in [0.717, 1.165) is 45.8 Å². The topological polar surface area (TPSA) is 48.5 Å². The van der Waals surface area contributed by atoms with E-state index in [9.17, 15) is 4.79 Å². The number of nitrogens with one attached hydrogen (secondary N) is 1. The lowest BCUT2D eigenvalue weighted by Gasteiger charge is -2.43. The molecule has 0 amide bonds. The molecule has 1 aromatic rings. The van der Waals surface area contributed by atoms with E-state index < -0.39 is 0 Å². The summed E-state index contributed by atoms with van der Waals surface area (Å²) in [5, 5.41) is 1.71. The van der Waals surface area contributed by atoms with E-state index in [1.165, 1.54) is 43.5 Å². The molecular formula is C28H37N3O. The number of piperidine rings is 1. The first-order valence-electron chi connectivity index (χ1n) is 12.0. The largest absolute Gasteiger partial charge is 0.358 e. The fourth-order valence-electron chi connectivity index (χ4n) is 5.73. The van der Waals surface area contributed by atoms with Crippen LogP contribution in [-0.2, 0) is 5.41 Å². The van der Waals surface area contributed by atoms with Crippen molar-refractivity contribution in [2.24, 2.45) is 4.99 Å². The number of hydrogen-bond donors (Lipinski definition) is 1. The maximum absolute atomic E-state index is 13.9. The summed E-state index contributed by atoms with van der Waals surface area (Å²) in [6.45, 7) is 15.3. The number of rotatable bonds is 4. The number of allylic oxidation sites excluding steroid dienone is 4. The van der Waals surface area contributed by atoms with Gasteiger partial charge in [-0.1, -0.05) is 57.6 Å². The molecule has 1 aliphatic heterocycles. The Morgan fingerprint density at radius 3 is 2.69 bits per heavy atom. The van der Waals surface area contributed by atoms with Crippen molar-refractivity contribution in [3.63, 3.8) is 0 Å². The van der Waals surface area contributed by atoms with Gasteiger partial charge in [-0.3, -0.25) is 14.7 Å². The predicted molar refractivity (Wildman–Crippen MR) is 135 cm³/mol. The maximum atomic E-state index is 13.9. The first-order valence-corrected chi connectivity index (χ1v) is 12.0. The Hall–Kier alpha value is -2.46. The van der Waals surface area contributed by atoms with Crippen molar-refractivity contribution >= 4 is 24.7 Å². The summed E-state index contributed by atoms with van der Waals surface area (Å²) in [7, 11) is 1.76. The molecule has 1 fully saturated rings. The lowest BCUT2D eigenvalue weighted by molar-refractivity contribution is 0.102. The Bertz CT molecular complexity index is 1150. The third-order valence-electron chi connectivity index (χ3n) is 7.54. The van der Waals surface area contributed by atoms with Gasteiger partial charge in [-0.25, -0.2) is 0 Å². The van der Waals surface area contributed by atoms with Crippen LogP contribution < -0.4 is 10.6 Å². The summed E-state index contributed by atoms with van der Waals surface area (Å²) >= 11 is 0. The normalized spacial score (nSPS) is 24.7. The second-order valence-electron chi connectivity index (χ2n) is 9.97. The average molecular weight is 432 g/mol. The molecule has 1 saturated heterocycles. The highest BCUT2D eigenvalue weighted by atomic mass is 16.1. The Morgan fingerprint density at radius 1 is 1.31 bits per heavy atom. The third kappa shape index (κ3) is 3.79. The monoisotopic (exact) mass is 431 g/mol. The van der Waals surface area contributed by atoms with Crippen molar-refractivity contribution in [3.8, 4) is 0 Å². The van der Waals surface area contributed by atoms with Crippen LogP contribution in [0.25, 0.3) is 12.7 Å². The van der Waals surface area contributed by atoms with Gasteiger partial charge in [0.2, 0.25) is 0 Å². The van der Waals surface area contributed by atoms with Gasteiger partial charge in [-0.05, 0) is 56.8 Å². The molecule has 4 nitrogen and oxygen atoms in total. The number of fused-ring (bicyclic) bond motifs is 1. The summed E-state index contributed by atoms with van der Waals surface area (Å²) < 4.78 is 0. The predicted octanol–water partition coefficient (Wildman–Crippen LogP) is 4.22. The van der Waals surface area contributed by atoms with E-state index in [1.54, 1.807) is 7.05 Å². The van der Waals surface area contributed by atoms with E-state index in [1.807, 2.05) is 25.3 Å². The first-order chi connectivity index (χ1) is 15.3. The molecule has 1 atom stereocenters. The van der Waals surface area contributed by atoms with Gasteiger partial charge >= 0.3 is 0 Å². The highest BCUT2D eigenvalue weighted by Crippen LogP contribution is 2.45. The van der Waals surface area contributed by atoms with Crippen molar-refractivity contribution in [2.75, 3.05) is 20.1 Å². The number of aromatic nitrogens is 1. The van der Waals surface area contributed by atoms with Crippen molar-refractivity contribution in [2.45, 2.75) is 71.3 Å². The summed E-state index contributed by atoms with van der Waals surface area (Å²) in [6.07, 6.45) is 13.9. The Balaban J connectivity index is 1.82.